The van der Waals surface area contributed by atoms with Crippen molar-refractivity contribution in [2.45, 2.75) is 13.5 Å². The molecule has 0 aliphatic heterocycles. The molecule has 2 aromatic heterocycles. The fraction of sp³-hybridized carbons (Fsp3) is 0.250. The molecule has 2 aromatic rings. The summed E-state index contributed by atoms with van der Waals surface area (Å²) in [5, 5.41) is 11.5. The molecule has 14 heavy (non-hydrogen) atoms. The minimum atomic E-state index is 0.718. The summed E-state index contributed by atoms with van der Waals surface area (Å²) in [6, 6.07) is 0. The lowest BCUT2D eigenvalue weighted by atomic mass is 10.3. The zero-order chi connectivity index (χ0) is 9.97. The van der Waals surface area contributed by atoms with E-state index in [2.05, 4.69) is 20.5 Å². The summed E-state index contributed by atoms with van der Waals surface area (Å²) in [6.07, 6.45) is 3.45. The van der Waals surface area contributed by atoms with E-state index in [1.165, 1.54) is 11.3 Å². The van der Waals surface area contributed by atoms with Crippen LogP contribution in [0, 0.1) is 6.92 Å². The summed E-state index contributed by atoms with van der Waals surface area (Å²) in [4.78, 5) is 4.10. The second-order valence-electron chi connectivity index (χ2n) is 2.94. The second kappa shape index (κ2) is 3.67. The molecular formula is C8H11N5S. The molecule has 5 nitrogen and oxygen atoms in total. The number of H-pyrrole nitrogens is 1. The van der Waals surface area contributed by atoms with E-state index in [1.54, 1.807) is 12.4 Å². The molecule has 0 radical (unpaired) electrons. The first-order valence-electron chi connectivity index (χ1n) is 4.19. The van der Waals surface area contributed by atoms with Crippen LogP contribution in [-0.2, 0) is 6.54 Å². The first-order chi connectivity index (χ1) is 6.75. The Bertz CT molecular complexity index is 419. The smallest absolute Gasteiger partial charge is 0.184 e. The number of nitrogens with zero attached hydrogens (tertiary/aromatic N) is 2. The van der Waals surface area contributed by atoms with Gasteiger partial charge in [0.2, 0.25) is 0 Å². The van der Waals surface area contributed by atoms with Gasteiger partial charge in [-0.15, -0.1) is 0 Å². The molecule has 6 heteroatoms. The minimum absolute atomic E-state index is 0.718. The van der Waals surface area contributed by atoms with E-state index < -0.39 is 0 Å². The minimum Gasteiger partial charge on any atom is -0.389 e. The van der Waals surface area contributed by atoms with Crippen molar-refractivity contribution < 1.29 is 0 Å². The van der Waals surface area contributed by atoms with Gasteiger partial charge < -0.3 is 11.1 Å². The van der Waals surface area contributed by atoms with Crippen molar-refractivity contribution in [3.8, 4) is 0 Å². The van der Waals surface area contributed by atoms with Gasteiger partial charge in [-0.1, -0.05) is 11.3 Å². The van der Waals surface area contributed by atoms with Gasteiger partial charge in [-0.25, -0.2) is 4.98 Å². The molecule has 2 heterocycles. The van der Waals surface area contributed by atoms with Crippen molar-refractivity contribution in [2.75, 3.05) is 11.1 Å². The van der Waals surface area contributed by atoms with Crippen molar-refractivity contribution in [3.63, 3.8) is 0 Å². The Labute approximate surface area is 85.4 Å². The second-order valence-corrected chi connectivity index (χ2v) is 4.00. The lowest BCUT2D eigenvalue weighted by Gasteiger charge is -1.99. The van der Waals surface area contributed by atoms with Gasteiger partial charge in [0.1, 0.15) is 5.00 Å². The molecule has 0 aromatic carbocycles. The van der Waals surface area contributed by atoms with Crippen LogP contribution in [0.15, 0.2) is 12.4 Å². The topological polar surface area (TPSA) is 79.6 Å². The van der Waals surface area contributed by atoms with Crippen molar-refractivity contribution in [2.24, 2.45) is 0 Å². The predicted octanol–water partition coefficient (Wildman–Crippen LogP) is 1.37. The monoisotopic (exact) mass is 209 g/mol. The van der Waals surface area contributed by atoms with E-state index in [0.717, 1.165) is 27.9 Å². The molecule has 0 saturated carbocycles. The molecule has 0 aliphatic carbocycles. The highest BCUT2D eigenvalue weighted by Gasteiger charge is 2.01. The maximum atomic E-state index is 5.55. The normalized spacial score (nSPS) is 10.4. The maximum absolute atomic E-state index is 5.55. The van der Waals surface area contributed by atoms with Gasteiger partial charge >= 0.3 is 0 Å². The first-order valence-corrected chi connectivity index (χ1v) is 5.01. The lowest BCUT2D eigenvalue weighted by Crippen LogP contribution is -1.98. The van der Waals surface area contributed by atoms with Crippen LogP contribution >= 0.6 is 11.3 Å². The van der Waals surface area contributed by atoms with Gasteiger partial charge in [-0.3, -0.25) is 5.10 Å². The number of hydrogen-bond acceptors (Lipinski definition) is 5. The molecule has 0 bridgehead atoms. The molecule has 0 amide bonds. The fourth-order valence-corrected chi connectivity index (χ4v) is 1.67. The Balaban J connectivity index is 1.98. The largest absolute Gasteiger partial charge is 0.389 e. The summed E-state index contributed by atoms with van der Waals surface area (Å²) in [5.74, 6) is 0. The van der Waals surface area contributed by atoms with Gasteiger partial charge in [0, 0.05) is 17.8 Å². The van der Waals surface area contributed by atoms with Gasteiger partial charge in [-0.05, 0) is 6.92 Å². The van der Waals surface area contributed by atoms with Gasteiger partial charge in [0.15, 0.2) is 5.13 Å². The number of rotatable bonds is 3. The van der Waals surface area contributed by atoms with E-state index in [0.29, 0.717) is 0 Å². The lowest BCUT2D eigenvalue weighted by molar-refractivity contribution is 1.04. The molecular weight excluding hydrogens is 198 g/mol. The number of nitrogens with one attached hydrogen (secondary N) is 2. The van der Waals surface area contributed by atoms with E-state index in [1.807, 2.05) is 6.92 Å². The SMILES string of the molecule is Cc1[nH]ncc1CNc1ncc(N)s1. The van der Waals surface area contributed by atoms with Gasteiger partial charge in [0.25, 0.3) is 0 Å². The fourth-order valence-electron chi connectivity index (χ4n) is 1.09. The van der Waals surface area contributed by atoms with Crippen LogP contribution in [0.3, 0.4) is 0 Å². The Morgan fingerprint density at radius 2 is 2.43 bits per heavy atom. The predicted molar refractivity (Wildman–Crippen MR) is 57.2 cm³/mol. The van der Waals surface area contributed by atoms with Crippen LogP contribution in [0.1, 0.15) is 11.3 Å². The Kier molecular flexibility index (Phi) is 2.36. The average Bonchev–Trinajstić information content (AvgIpc) is 2.72. The first kappa shape index (κ1) is 9.01. The van der Waals surface area contributed by atoms with Crippen LogP contribution in [0.25, 0.3) is 0 Å². The van der Waals surface area contributed by atoms with Crippen molar-refractivity contribution in [1.29, 1.82) is 0 Å². The summed E-state index contributed by atoms with van der Waals surface area (Å²) in [7, 11) is 0. The third kappa shape index (κ3) is 1.85. The third-order valence-corrected chi connectivity index (χ3v) is 2.67. The summed E-state index contributed by atoms with van der Waals surface area (Å²) in [5.41, 5.74) is 7.76. The van der Waals surface area contributed by atoms with Crippen molar-refractivity contribution in [3.05, 3.63) is 23.7 Å². The van der Waals surface area contributed by atoms with E-state index in [9.17, 15) is 0 Å². The van der Waals surface area contributed by atoms with Gasteiger partial charge in [0.05, 0.1) is 12.4 Å². The molecule has 2 rings (SSSR count). The standard InChI is InChI=1S/C8H11N5S/c1-5-6(3-12-13-5)2-10-8-11-4-7(9)14-8/h3-4H,2,9H2,1H3,(H,10,11)(H,12,13). The highest BCUT2D eigenvalue weighted by molar-refractivity contribution is 7.19. The van der Waals surface area contributed by atoms with Crippen molar-refractivity contribution >= 4 is 21.5 Å². The quantitative estimate of drug-likeness (QED) is 0.713. The van der Waals surface area contributed by atoms with E-state index in [-0.39, 0.29) is 0 Å². The number of aromatic amines is 1. The van der Waals surface area contributed by atoms with Crippen molar-refractivity contribution in [1.82, 2.24) is 15.2 Å². The highest BCUT2D eigenvalue weighted by atomic mass is 32.1. The molecule has 74 valence electrons. The number of thiazole rings is 1. The molecule has 0 aliphatic rings. The summed E-state index contributed by atoms with van der Waals surface area (Å²) >= 11 is 1.44. The maximum Gasteiger partial charge on any atom is 0.184 e. The highest BCUT2D eigenvalue weighted by Crippen LogP contribution is 2.20. The number of aryl methyl sites for hydroxylation is 1. The van der Waals surface area contributed by atoms with Crippen LogP contribution in [0.2, 0.25) is 0 Å². The van der Waals surface area contributed by atoms with Crippen LogP contribution in [-0.4, -0.2) is 15.2 Å². The third-order valence-electron chi connectivity index (χ3n) is 1.89. The number of nitrogens with two attached hydrogens (primary N) is 1. The Morgan fingerprint density at radius 3 is 3.00 bits per heavy atom. The molecule has 0 spiro atoms. The molecule has 4 N–H and O–H groups in total. The number of anilines is 2. The molecule has 0 fully saturated rings. The van der Waals surface area contributed by atoms with Crippen LogP contribution < -0.4 is 11.1 Å². The molecule has 0 unspecified atom stereocenters. The molecule has 0 saturated heterocycles. The van der Waals surface area contributed by atoms with Gasteiger partial charge in [-0.2, -0.15) is 5.10 Å². The molecule has 0 atom stereocenters. The van der Waals surface area contributed by atoms with E-state index >= 15 is 0 Å². The Morgan fingerprint density at radius 1 is 1.57 bits per heavy atom. The van der Waals surface area contributed by atoms with E-state index in [4.69, 9.17) is 5.73 Å². The Hall–Kier alpha value is -1.56. The average molecular weight is 209 g/mol. The number of nitrogen functional groups attached to an aromatic ring is 1. The summed E-state index contributed by atoms with van der Waals surface area (Å²) in [6.45, 7) is 2.70. The number of aromatic nitrogens is 3. The van der Waals surface area contributed by atoms with Crippen LogP contribution in [0.4, 0.5) is 10.1 Å². The zero-order valence-electron chi connectivity index (χ0n) is 7.74. The summed E-state index contributed by atoms with van der Waals surface area (Å²) < 4.78 is 0. The number of hydrogen-bond donors (Lipinski definition) is 3. The zero-order valence-corrected chi connectivity index (χ0v) is 8.56. The van der Waals surface area contributed by atoms with Crippen LogP contribution in [0.5, 0.6) is 0 Å².